The average Bonchev–Trinajstić information content (AvgIpc) is 2.02. The minimum Gasteiger partial charge on any atom is -0.399 e. The first-order chi connectivity index (χ1) is 6.47. The van der Waals surface area contributed by atoms with Crippen LogP contribution in [0.1, 0.15) is 0 Å². The van der Waals surface area contributed by atoms with E-state index in [4.69, 9.17) is 10.8 Å². The molecule has 0 fully saturated rings. The topological polar surface area (TPSA) is 80.4 Å². The molecular weight excluding hydrogens is 270 g/mol. The second-order valence-electron chi connectivity index (χ2n) is 2.73. The van der Waals surface area contributed by atoms with Gasteiger partial charge < -0.3 is 10.8 Å². The van der Waals surface area contributed by atoms with E-state index >= 15 is 0 Å². The third kappa shape index (κ3) is 2.46. The SMILES string of the molecule is Nc1ccc(S(=O)(=O)CCO)c(Br)c1. The lowest BCUT2D eigenvalue weighted by atomic mass is 10.3. The molecule has 0 aliphatic rings. The van der Waals surface area contributed by atoms with Crippen molar-refractivity contribution in [2.45, 2.75) is 4.90 Å². The predicted molar refractivity (Wildman–Crippen MR) is 57.7 cm³/mol. The molecule has 0 unspecified atom stereocenters. The number of anilines is 1. The summed E-state index contributed by atoms with van der Waals surface area (Å²) in [5.41, 5.74) is 5.96. The lowest BCUT2D eigenvalue weighted by Crippen LogP contribution is -2.10. The molecule has 0 aliphatic carbocycles. The van der Waals surface area contributed by atoms with Gasteiger partial charge in [-0.3, -0.25) is 0 Å². The van der Waals surface area contributed by atoms with Crippen LogP contribution in [0.25, 0.3) is 0 Å². The minimum atomic E-state index is -3.41. The van der Waals surface area contributed by atoms with E-state index in [0.717, 1.165) is 0 Å². The van der Waals surface area contributed by atoms with Crippen LogP contribution in [-0.4, -0.2) is 25.9 Å². The number of nitrogen functional groups attached to an aromatic ring is 1. The lowest BCUT2D eigenvalue weighted by Gasteiger charge is -2.05. The van der Waals surface area contributed by atoms with E-state index in [0.29, 0.717) is 10.2 Å². The molecule has 0 saturated carbocycles. The Labute approximate surface area is 90.8 Å². The molecule has 0 amide bonds. The van der Waals surface area contributed by atoms with Crippen LogP contribution in [0.3, 0.4) is 0 Å². The Morgan fingerprint density at radius 1 is 1.43 bits per heavy atom. The highest BCUT2D eigenvalue weighted by molar-refractivity contribution is 9.10. The van der Waals surface area contributed by atoms with Crippen molar-refractivity contribution in [3.8, 4) is 0 Å². The van der Waals surface area contributed by atoms with Gasteiger partial charge in [-0.05, 0) is 34.1 Å². The Morgan fingerprint density at radius 2 is 2.07 bits per heavy atom. The molecule has 0 radical (unpaired) electrons. The van der Waals surface area contributed by atoms with Gasteiger partial charge in [-0.1, -0.05) is 0 Å². The van der Waals surface area contributed by atoms with Crippen LogP contribution < -0.4 is 5.73 Å². The summed E-state index contributed by atoms with van der Waals surface area (Å²) in [6.45, 7) is -0.390. The van der Waals surface area contributed by atoms with Crippen LogP contribution in [0.5, 0.6) is 0 Å². The van der Waals surface area contributed by atoms with Crippen molar-refractivity contribution in [1.29, 1.82) is 0 Å². The number of hydrogen-bond acceptors (Lipinski definition) is 4. The Bertz CT molecular complexity index is 430. The zero-order chi connectivity index (χ0) is 10.8. The summed E-state index contributed by atoms with van der Waals surface area (Å²) in [7, 11) is -3.41. The number of aliphatic hydroxyl groups excluding tert-OH is 1. The van der Waals surface area contributed by atoms with E-state index in [-0.39, 0.29) is 17.3 Å². The van der Waals surface area contributed by atoms with E-state index < -0.39 is 9.84 Å². The number of nitrogens with two attached hydrogens (primary N) is 1. The first-order valence-electron chi connectivity index (χ1n) is 3.86. The van der Waals surface area contributed by atoms with Crippen LogP contribution in [0, 0.1) is 0 Å². The number of sulfone groups is 1. The zero-order valence-corrected chi connectivity index (χ0v) is 9.68. The van der Waals surface area contributed by atoms with Crippen LogP contribution >= 0.6 is 15.9 Å². The lowest BCUT2D eigenvalue weighted by molar-refractivity contribution is 0.319. The molecule has 0 heterocycles. The standard InChI is InChI=1S/C8H10BrNO3S/c9-7-5-6(10)1-2-8(7)14(12,13)4-3-11/h1-2,5,11H,3-4,10H2. The van der Waals surface area contributed by atoms with E-state index in [9.17, 15) is 8.42 Å². The van der Waals surface area contributed by atoms with Crippen molar-refractivity contribution in [1.82, 2.24) is 0 Å². The quantitative estimate of drug-likeness (QED) is 0.802. The maximum Gasteiger partial charge on any atom is 0.181 e. The maximum absolute atomic E-state index is 11.5. The second-order valence-corrected chi connectivity index (χ2v) is 5.66. The summed E-state index contributed by atoms with van der Waals surface area (Å²) in [6, 6.07) is 4.45. The van der Waals surface area contributed by atoms with E-state index in [1.165, 1.54) is 18.2 Å². The van der Waals surface area contributed by atoms with Crippen LogP contribution in [-0.2, 0) is 9.84 Å². The van der Waals surface area contributed by atoms with E-state index in [1.54, 1.807) is 0 Å². The van der Waals surface area contributed by atoms with Crippen molar-refractivity contribution >= 4 is 31.5 Å². The molecule has 14 heavy (non-hydrogen) atoms. The number of benzene rings is 1. The molecule has 0 saturated heterocycles. The molecule has 1 rings (SSSR count). The van der Waals surface area contributed by atoms with Gasteiger partial charge in [0.05, 0.1) is 17.3 Å². The molecule has 1 aromatic rings. The Hall–Kier alpha value is -0.590. The fraction of sp³-hybridized carbons (Fsp3) is 0.250. The molecule has 0 spiro atoms. The largest absolute Gasteiger partial charge is 0.399 e. The highest BCUT2D eigenvalue weighted by Crippen LogP contribution is 2.24. The van der Waals surface area contributed by atoms with Gasteiger partial charge in [0.25, 0.3) is 0 Å². The van der Waals surface area contributed by atoms with E-state index in [2.05, 4.69) is 15.9 Å². The highest BCUT2D eigenvalue weighted by atomic mass is 79.9. The van der Waals surface area contributed by atoms with Crippen molar-refractivity contribution < 1.29 is 13.5 Å². The molecule has 0 aliphatic heterocycles. The maximum atomic E-state index is 11.5. The summed E-state index contributed by atoms with van der Waals surface area (Å²) in [4.78, 5) is 0.153. The van der Waals surface area contributed by atoms with Gasteiger partial charge in [0.1, 0.15) is 0 Å². The molecule has 78 valence electrons. The van der Waals surface area contributed by atoms with Gasteiger partial charge in [0.2, 0.25) is 0 Å². The predicted octanol–water partition coefficient (Wildman–Crippen LogP) is 0.797. The van der Waals surface area contributed by atoms with Crippen LogP contribution in [0.15, 0.2) is 27.6 Å². The Kier molecular flexibility index (Phi) is 3.52. The minimum absolute atomic E-state index is 0.153. The van der Waals surface area contributed by atoms with Gasteiger partial charge in [-0.25, -0.2) is 8.42 Å². The zero-order valence-electron chi connectivity index (χ0n) is 7.27. The number of rotatable bonds is 3. The number of aliphatic hydroxyl groups is 1. The fourth-order valence-electron chi connectivity index (χ4n) is 0.999. The fourth-order valence-corrected chi connectivity index (χ4v) is 3.23. The smallest absolute Gasteiger partial charge is 0.181 e. The summed E-state index contributed by atoms with van der Waals surface area (Å²) >= 11 is 3.11. The molecule has 0 aromatic heterocycles. The Balaban J connectivity index is 3.20. The monoisotopic (exact) mass is 279 g/mol. The van der Waals surface area contributed by atoms with Gasteiger partial charge in [-0.15, -0.1) is 0 Å². The van der Waals surface area contributed by atoms with Crippen LogP contribution in [0.4, 0.5) is 5.69 Å². The third-order valence-electron chi connectivity index (χ3n) is 1.65. The van der Waals surface area contributed by atoms with Gasteiger partial charge in [-0.2, -0.15) is 0 Å². The first-order valence-corrected chi connectivity index (χ1v) is 6.30. The third-order valence-corrected chi connectivity index (χ3v) is 4.32. The summed E-state index contributed by atoms with van der Waals surface area (Å²) in [5, 5.41) is 8.59. The second kappa shape index (κ2) is 4.29. The highest BCUT2D eigenvalue weighted by Gasteiger charge is 2.16. The van der Waals surface area contributed by atoms with E-state index in [1.807, 2.05) is 0 Å². The van der Waals surface area contributed by atoms with Crippen molar-refractivity contribution in [2.75, 3.05) is 18.1 Å². The summed E-state index contributed by atoms with van der Waals surface area (Å²) in [6.07, 6.45) is 0. The van der Waals surface area contributed by atoms with Crippen molar-refractivity contribution in [2.24, 2.45) is 0 Å². The summed E-state index contributed by atoms with van der Waals surface area (Å²) < 4.78 is 23.5. The van der Waals surface area contributed by atoms with Gasteiger partial charge >= 0.3 is 0 Å². The molecule has 6 heteroatoms. The average molecular weight is 280 g/mol. The Morgan fingerprint density at radius 3 is 2.57 bits per heavy atom. The normalized spacial score (nSPS) is 11.6. The van der Waals surface area contributed by atoms with Crippen molar-refractivity contribution in [3.63, 3.8) is 0 Å². The summed E-state index contributed by atoms with van der Waals surface area (Å²) in [5.74, 6) is -0.282. The van der Waals surface area contributed by atoms with Crippen molar-refractivity contribution in [3.05, 3.63) is 22.7 Å². The molecule has 0 bridgehead atoms. The van der Waals surface area contributed by atoms with Crippen LogP contribution in [0.2, 0.25) is 0 Å². The molecule has 1 aromatic carbocycles. The first kappa shape index (κ1) is 11.5. The number of hydrogen-bond donors (Lipinski definition) is 2. The van der Waals surface area contributed by atoms with Gasteiger partial charge in [0.15, 0.2) is 9.84 Å². The molecule has 3 N–H and O–H groups in total. The number of halogens is 1. The molecule has 4 nitrogen and oxygen atoms in total. The molecular formula is C8H10BrNO3S. The molecule has 0 atom stereocenters. The van der Waals surface area contributed by atoms with Gasteiger partial charge in [0, 0.05) is 10.2 Å².